The zero-order valence-corrected chi connectivity index (χ0v) is 12.8. The Bertz CT molecular complexity index is 422. The standard InChI is InChI=1S/C16H25NO2/c1-12(11-17-16(2,3)4)7-13-8-14(18-5)10-15(9-13)19-6/h7-10,17H,11H2,1-6H3. The van der Waals surface area contributed by atoms with Crippen molar-refractivity contribution in [2.24, 2.45) is 0 Å². The monoisotopic (exact) mass is 263 g/mol. The predicted molar refractivity (Wildman–Crippen MR) is 81.0 cm³/mol. The zero-order chi connectivity index (χ0) is 14.5. The zero-order valence-electron chi connectivity index (χ0n) is 12.8. The van der Waals surface area contributed by atoms with Crippen LogP contribution in [0.1, 0.15) is 33.3 Å². The van der Waals surface area contributed by atoms with Crippen molar-refractivity contribution < 1.29 is 9.47 Å². The molecule has 0 spiro atoms. The Hall–Kier alpha value is -1.48. The number of benzene rings is 1. The molecule has 0 bridgehead atoms. The number of rotatable bonds is 5. The Labute approximate surface area is 116 Å². The van der Waals surface area contributed by atoms with Crippen LogP contribution in [0.4, 0.5) is 0 Å². The van der Waals surface area contributed by atoms with Gasteiger partial charge >= 0.3 is 0 Å². The average Bonchev–Trinajstić information content (AvgIpc) is 2.35. The van der Waals surface area contributed by atoms with Crippen molar-refractivity contribution in [1.29, 1.82) is 0 Å². The quantitative estimate of drug-likeness (QED) is 0.882. The van der Waals surface area contributed by atoms with Crippen LogP contribution >= 0.6 is 0 Å². The molecule has 1 aromatic carbocycles. The van der Waals surface area contributed by atoms with Crippen molar-refractivity contribution >= 4 is 6.08 Å². The van der Waals surface area contributed by atoms with Gasteiger partial charge < -0.3 is 14.8 Å². The van der Waals surface area contributed by atoms with Crippen molar-refractivity contribution in [3.8, 4) is 11.5 Å². The third kappa shape index (κ3) is 5.79. The Morgan fingerprint density at radius 2 is 1.63 bits per heavy atom. The van der Waals surface area contributed by atoms with E-state index in [0.29, 0.717) is 0 Å². The lowest BCUT2D eigenvalue weighted by Gasteiger charge is -2.20. The number of ether oxygens (including phenoxy) is 2. The van der Waals surface area contributed by atoms with E-state index in [1.54, 1.807) is 14.2 Å². The van der Waals surface area contributed by atoms with Crippen LogP contribution in [0, 0.1) is 0 Å². The van der Waals surface area contributed by atoms with E-state index in [0.717, 1.165) is 23.6 Å². The lowest BCUT2D eigenvalue weighted by Crippen LogP contribution is -2.36. The molecular formula is C16H25NO2. The number of methoxy groups -OCH3 is 2. The maximum absolute atomic E-state index is 5.27. The molecule has 0 saturated carbocycles. The second-order valence-electron chi connectivity index (χ2n) is 5.74. The molecule has 0 heterocycles. The predicted octanol–water partition coefficient (Wildman–Crippen LogP) is 3.50. The third-order valence-corrected chi connectivity index (χ3v) is 2.68. The van der Waals surface area contributed by atoms with E-state index < -0.39 is 0 Å². The lowest BCUT2D eigenvalue weighted by atomic mass is 10.1. The first-order valence-corrected chi connectivity index (χ1v) is 6.49. The van der Waals surface area contributed by atoms with E-state index in [4.69, 9.17) is 9.47 Å². The molecule has 1 N–H and O–H groups in total. The molecule has 3 nitrogen and oxygen atoms in total. The van der Waals surface area contributed by atoms with Crippen LogP contribution in [0.2, 0.25) is 0 Å². The van der Waals surface area contributed by atoms with Crippen LogP contribution in [0.5, 0.6) is 11.5 Å². The minimum absolute atomic E-state index is 0.126. The summed E-state index contributed by atoms with van der Waals surface area (Å²) in [7, 11) is 3.33. The highest BCUT2D eigenvalue weighted by molar-refractivity contribution is 5.57. The van der Waals surface area contributed by atoms with Gasteiger partial charge in [-0.2, -0.15) is 0 Å². The molecule has 0 aromatic heterocycles. The minimum atomic E-state index is 0.126. The highest BCUT2D eigenvalue weighted by atomic mass is 16.5. The topological polar surface area (TPSA) is 30.5 Å². The van der Waals surface area contributed by atoms with Crippen molar-refractivity contribution in [3.63, 3.8) is 0 Å². The van der Waals surface area contributed by atoms with Crippen LogP contribution in [-0.2, 0) is 0 Å². The van der Waals surface area contributed by atoms with Crippen LogP contribution in [0.25, 0.3) is 6.08 Å². The highest BCUT2D eigenvalue weighted by Gasteiger charge is 2.08. The van der Waals surface area contributed by atoms with Crippen LogP contribution in [0.3, 0.4) is 0 Å². The largest absolute Gasteiger partial charge is 0.497 e. The van der Waals surface area contributed by atoms with Gasteiger partial charge in [0, 0.05) is 18.2 Å². The van der Waals surface area contributed by atoms with E-state index in [1.807, 2.05) is 18.2 Å². The molecule has 0 aliphatic carbocycles. The fourth-order valence-corrected chi connectivity index (χ4v) is 1.65. The first-order chi connectivity index (χ1) is 8.84. The van der Waals surface area contributed by atoms with Crippen molar-refractivity contribution in [2.75, 3.05) is 20.8 Å². The fourth-order valence-electron chi connectivity index (χ4n) is 1.65. The first kappa shape index (κ1) is 15.6. The van der Waals surface area contributed by atoms with Crippen molar-refractivity contribution in [2.45, 2.75) is 33.2 Å². The van der Waals surface area contributed by atoms with Gasteiger partial charge in [-0.05, 0) is 45.4 Å². The molecule has 0 fully saturated rings. The second kappa shape index (κ2) is 6.62. The van der Waals surface area contributed by atoms with Crippen LogP contribution in [0.15, 0.2) is 23.8 Å². The summed E-state index contributed by atoms with van der Waals surface area (Å²) in [6, 6.07) is 5.88. The Kier molecular flexibility index (Phi) is 5.43. The molecule has 0 atom stereocenters. The summed E-state index contributed by atoms with van der Waals surface area (Å²) in [4.78, 5) is 0. The normalized spacial score (nSPS) is 12.4. The average molecular weight is 263 g/mol. The third-order valence-electron chi connectivity index (χ3n) is 2.68. The van der Waals surface area contributed by atoms with Gasteiger partial charge in [-0.3, -0.25) is 0 Å². The molecular weight excluding hydrogens is 238 g/mol. The highest BCUT2D eigenvalue weighted by Crippen LogP contribution is 2.23. The minimum Gasteiger partial charge on any atom is -0.497 e. The molecule has 0 unspecified atom stereocenters. The molecule has 0 aliphatic heterocycles. The molecule has 0 aliphatic rings. The summed E-state index contributed by atoms with van der Waals surface area (Å²) < 4.78 is 10.5. The van der Waals surface area contributed by atoms with Gasteiger partial charge in [-0.1, -0.05) is 11.6 Å². The number of hydrogen-bond acceptors (Lipinski definition) is 3. The summed E-state index contributed by atoms with van der Waals surface area (Å²) in [5, 5.41) is 3.47. The Morgan fingerprint density at radius 3 is 2.05 bits per heavy atom. The van der Waals surface area contributed by atoms with Crippen molar-refractivity contribution in [1.82, 2.24) is 5.32 Å². The van der Waals surface area contributed by atoms with Crippen LogP contribution < -0.4 is 14.8 Å². The van der Waals surface area contributed by atoms with E-state index >= 15 is 0 Å². The van der Waals surface area contributed by atoms with Gasteiger partial charge in [0.25, 0.3) is 0 Å². The van der Waals surface area contributed by atoms with Crippen molar-refractivity contribution in [3.05, 3.63) is 29.3 Å². The van der Waals surface area contributed by atoms with Gasteiger partial charge in [0.2, 0.25) is 0 Å². The number of hydrogen-bond donors (Lipinski definition) is 1. The molecule has 0 radical (unpaired) electrons. The maximum atomic E-state index is 5.27. The summed E-state index contributed by atoms with van der Waals surface area (Å²) in [5.41, 5.74) is 2.48. The molecule has 0 amide bonds. The van der Waals surface area contributed by atoms with E-state index in [1.165, 1.54) is 5.57 Å². The van der Waals surface area contributed by atoms with E-state index in [9.17, 15) is 0 Å². The summed E-state index contributed by atoms with van der Waals surface area (Å²) in [6.45, 7) is 9.46. The summed E-state index contributed by atoms with van der Waals surface area (Å²) in [6.07, 6.45) is 2.14. The van der Waals surface area contributed by atoms with Gasteiger partial charge in [-0.25, -0.2) is 0 Å². The SMILES string of the molecule is COc1cc(C=C(C)CNC(C)(C)C)cc(OC)c1. The van der Waals surface area contributed by atoms with Gasteiger partial charge in [0.1, 0.15) is 11.5 Å². The van der Waals surface area contributed by atoms with Gasteiger partial charge in [0.15, 0.2) is 0 Å². The fraction of sp³-hybridized carbons (Fsp3) is 0.500. The summed E-state index contributed by atoms with van der Waals surface area (Å²) >= 11 is 0. The van der Waals surface area contributed by atoms with Gasteiger partial charge in [-0.15, -0.1) is 0 Å². The summed E-state index contributed by atoms with van der Waals surface area (Å²) in [5.74, 6) is 1.62. The molecule has 19 heavy (non-hydrogen) atoms. The Morgan fingerprint density at radius 1 is 1.11 bits per heavy atom. The molecule has 3 heteroatoms. The Balaban J connectivity index is 2.84. The maximum Gasteiger partial charge on any atom is 0.123 e. The second-order valence-corrected chi connectivity index (χ2v) is 5.74. The van der Waals surface area contributed by atoms with E-state index in [-0.39, 0.29) is 5.54 Å². The molecule has 1 aromatic rings. The molecule has 0 saturated heterocycles. The lowest BCUT2D eigenvalue weighted by molar-refractivity contribution is 0.394. The van der Waals surface area contributed by atoms with E-state index in [2.05, 4.69) is 39.1 Å². The smallest absolute Gasteiger partial charge is 0.123 e. The molecule has 1 rings (SSSR count). The van der Waals surface area contributed by atoms with Gasteiger partial charge in [0.05, 0.1) is 14.2 Å². The number of nitrogens with one attached hydrogen (secondary N) is 1. The van der Waals surface area contributed by atoms with Crippen LogP contribution in [-0.4, -0.2) is 26.3 Å². The first-order valence-electron chi connectivity index (χ1n) is 6.49. The molecule has 106 valence electrons.